The molecule has 4 nitrogen and oxygen atoms in total. The molecule has 1 aromatic heterocycles. The Labute approximate surface area is 126 Å². The summed E-state index contributed by atoms with van der Waals surface area (Å²) in [6.45, 7) is 1.86. The van der Waals surface area contributed by atoms with Gasteiger partial charge in [0.15, 0.2) is 0 Å². The van der Waals surface area contributed by atoms with E-state index < -0.39 is 5.82 Å². The van der Waals surface area contributed by atoms with Crippen LogP contribution in [0.4, 0.5) is 10.1 Å². The van der Waals surface area contributed by atoms with Gasteiger partial charge in [-0.25, -0.2) is 4.39 Å². The number of ether oxygens (including phenoxy) is 1. The van der Waals surface area contributed by atoms with Gasteiger partial charge in [0.1, 0.15) is 17.3 Å². The van der Waals surface area contributed by atoms with E-state index in [1.807, 2.05) is 25.1 Å². The minimum absolute atomic E-state index is 0.307. The molecule has 112 valence electrons. The van der Waals surface area contributed by atoms with Crippen LogP contribution >= 0.6 is 0 Å². The number of carbonyl (C=O) groups excluding carboxylic acids is 1. The van der Waals surface area contributed by atoms with Crippen LogP contribution in [0, 0.1) is 12.7 Å². The van der Waals surface area contributed by atoms with E-state index in [4.69, 9.17) is 4.74 Å². The van der Waals surface area contributed by atoms with Crippen molar-refractivity contribution in [3.8, 4) is 5.75 Å². The van der Waals surface area contributed by atoms with Crippen LogP contribution < -0.4 is 10.1 Å². The molecule has 3 rings (SSSR count). The first kappa shape index (κ1) is 14.1. The van der Waals surface area contributed by atoms with Crippen molar-refractivity contribution in [2.24, 2.45) is 0 Å². The summed E-state index contributed by atoms with van der Waals surface area (Å²) in [6.07, 6.45) is 0. The van der Waals surface area contributed by atoms with Crippen LogP contribution in [0.15, 0.2) is 42.5 Å². The third kappa shape index (κ3) is 2.53. The SMILES string of the molecule is COc1ccc2[nH]c(C(=O)Nc3cccc(F)c3)c(C)c2c1. The maximum atomic E-state index is 13.2. The van der Waals surface area contributed by atoms with E-state index in [2.05, 4.69) is 10.3 Å². The average Bonchev–Trinajstić information content (AvgIpc) is 2.84. The van der Waals surface area contributed by atoms with Crippen molar-refractivity contribution >= 4 is 22.5 Å². The van der Waals surface area contributed by atoms with Gasteiger partial charge >= 0.3 is 0 Å². The summed E-state index contributed by atoms with van der Waals surface area (Å²) in [7, 11) is 1.60. The second kappa shape index (κ2) is 5.52. The van der Waals surface area contributed by atoms with E-state index in [9.17, 15) is 9.18 Å². The quantitative estimate of drug-likeness (QED) is 0.771. The molecule has 0 radical (unpaired) electrons. The number of hydrogen-bond acceptors (Lipinski definition) is 2. The maximum absolute atomic E-state index is 13.2. The highest BCUT2D eigenvalue weighted by molar-refractivity contribution is 6.07. The summed E-state index contributed by atoms with van der Waals surface area (Å²) in [5.41, 5.74) is 2.54. The molecule has 22 heavy (non-hydrogen) atoms. The molecule has 0 aliphatic rings. The summed E-state index contributed by atoms with van der Waals surface area (Å²) in [6, 6.07) is 11.4. The van der Waals surface area contributed by atoms with Crippen LogP contribution in [0.2, 0.25) is 0 Å². The van der Waals surface area contributed by atoms with E-state index in [0.29, 0.717) is 11.4 Å². The number of rotatable bonds is 3. The van der Waals surface area contributed by atoms with Gasteiger partial charge < -0.3 is 15.0 Å². The van der Waals surface area contributed by atoms with Crippen molar-refractivity contribution in [2.75, 3.05) is 12.4 Å². The van der Waals surface area contributed by atoms with Gasteiger partial charge in [-0.1, -0.05) is 6.07 Å². The van der Waals surface area contributed by atoms with E-state index in [-0.39, 0.29) is 5.91 Å². The number of aryl methyl sites for hydroxylation is 1. The predicted molar refractivity (Wildman–Crippen MR) is 83.9 cm³/mol. The molecule has 0 bridgehead atoms. The van der Waals surface area contributed by atoms with E-state index >= 15 is 0 Å². The molecular formula is C17H15FN2O2. The second-order valence-corrected chi connectivity index (χ2v) is 5.00. The lowest BCUT2D eigenvalue weighted by Gasteiger charge is -2.04. The minimum Gasteiger partial charge on any atom is -0.497 e. The van der Waals surface area contributed by atoms with E-state index in [0.717, 1.165) is 22.2 Å². The molecule has 0 saturated carbocycles. The summed E-state index contributed by atoms with van der Waals surface area (Å²) in [4.78, 5) is 15.5. The topological polar surface area (TPSA) is 54.1 Å². The number of anilines is 1. The van der Waals surface area contributed by atoms with Gasteiger partial charge in [0.25, 0.3) is 5.91 Å². The first-order valence-electron chi connectivity index (χ1n) is 6.81. The van der Waals surface area contributed by atoms with Gasteiger partial charge in [-0.05, 0) is 48.9 Å². The van der Waals surface area contributed by atoms with Gasteiger partial charge in [0, 0.05) is 16.6 Å². The largest absolute Gasteiger partial charge is 0.497 e. The van der Waals surface area contributed by atoms with E-state index in [1.165, 1.54) is 12.1 Å². The zero-order valence-electron chi connectivity index (χ0n) is 12.2. The van der Waals surface area contributed by atoms with Crippen molar-refractivity contribution in [3.63, 3.8) is 0 Å². The van der Waals surface area contributed by atoms with Crippen molar-refractivity contribution in [1.29, 1.82) is 0 Å². The Morgan fingerprint density at radius 1 is 1.23 bits per heavy atom. The third-order valence-corrected chi connectivity index (χ3v) is 3.57. The molecule has 1 amide bonds. The van der Waals surface area contributed by atoms with Crippen molar-refractivity contribution in [1.82, 2.24) is 4.98 Å². The Bertz CT molecular complexity index is 855. The van der Waals surface area contributed by atoms with Crippen molar-refractivity contribution in [3.05, 3.63) is 59.5 Å². The number of aromatic nitrogens is 1. The Kier molecular flexibility index (Phi) is 3.55. The summed E-state index contributed by atoms with van der Waals surface area (Å²) in [5, 5.41) is 3.61. The fourth-order valence-corrected chi connectivity index (χ4v) is 2.42. The number of carbonyl (C=O) groups is 1. The minimum atomic E-state index is -0.393. The van der Waals surface area contributed by atoms with Gasteiger partial charge in [0.2, 0.25) is 0 Å². The number of hydrogen-bond donors (Lipinski definition) is 2. The number of aromatic amines is 1. The van der Waals surface area contributed by atoms with Crippen LogP contribution in [0.25, 0.3) is 10.9 Å². The molecule has 0 saturated heterocycles. The smallest absolute Gasteiger partial charge is 0.272 e. The lowest BCUT2D eigenvalue weighted by Crippen LogP contribution is -2.13. The highest BCUT2D eigenvalue weighted by Crippen LogP contribution is 2.26. The molecule has 0 fully saturated rings. The molecule has 0 aliphatic heterocycles. The van der Waals surface area contributed by atoms with Crippen molar-refractivity contribution < 1.29 is 13.9 Å². The second-order valence-electron chi connectivity index (χ2n) is 5.00. The normalized spacial score (nSPS) is 10.7. The molecule has 5 heteroatoms. The Hall–Kier alpha value is -2.82. The lowest BCUT2D eigenvalue weighted by atomic mass is 10.1. The maximum Gasteiger partial charge on any atom is 0.272 e. The van der Waals surface area contributed by atoms with Gasteiger partial charge in [0.05, 0.1) is 7.11 Å². The Morgan fingerprint density at radius 3 is 2.77 bits per heavy atom. The molecule has 0 unspecified atom stereocenters. The number of benzene rings is 2. The number of methoxy groups -OCH3 is 1. The van der Waals surface area contributed by atoms with Gasteiger partial charge in [-0.15, -0.1) is 0 Å². The molecule has 0 spiro atoms. The molecule has 2 aromatic carbocycles. The van der Waals surface area contributed by atoms with E-state index in [1.54, 1.807) is 19.2 Å². The molecule has 3 aromatic rings. The molecule has 0 atom stereocenters. The fourth-order valence-electron chi connectivity index (χ4n) is 2.42. The summed E-state index contributed by atoms with van der Waals surface area (Å²) >= 11 is 0. The van der Waals surface area contributed by atoms with Crippen LogP contribution in [-0.2, 0) is 0 Å². The third-order valence-electron chi connectivity index (χ3n) is 3.57. The van der Waals surface area contributed by atoms with Crippen LogP contribution in [-0.4, -0.2) is 18.0 Å². The van der Waals surface area contributed by atoms with Crippen molar-refractivity contribution in [2.45, 2.75) is 6.92 Å². The first-order valence-corrected chi connectivity index (χ1v) is 6.81. The number of amides is 1. The average molecular weight is 298 g/mol. The number of fused-ring (bicyclic) bond motifs is 1. The molecule has 1 heterocycles. The first-order chi connectivity index (χ1) is 10.6. The van der Waals surface area contributed by atoms with Crippen LogP contribution in [0.5, 0.6) is 5.75 Å². The van der Waals surface area contributed by atoms with Crippen LogP contribution in [0.3, 0.4) is 0 Å². The lowest BCUT2D eigenvalue weighted by molar-refractivity contribution is 0.102. The monoisotopic (exact) mass is 298 g/mol. The summed E-state index contributed by atoms with van der Waals surface area (Å²) in [5.74, 6) is 0.0286. The molecule has 0 aliphatic carbocycles. The van der Waals surface area contributed by atoms with Gasteiger partial charge in [-0.2, -0.15) is 0 Å². The summed E-state index contributed by atoms with van der Waals surface area (Å²) < 4.78 is 18.4. The standard InChI is InChI=1S/C17H15FN2O2/c1-10-14-9-13(22-2)6-7-15(14)20-16(10)17(21)19-12-5-3-4-11(18)8-12/h3-9,20H,1-2H3,(H,19,21). The number of nitrogens with one attached hydrogen (secondary N) is 2. The zero-order chi connectivity index (χ0) is 15.7. The Balaban J connectivity index is 1.95. The number of halogens is 1. The highest BCUT2D eigenvalue weighted by Gasteiger charge is 2.15. The van der Waals surface area contributed by atoms with Crippen LogP contribution in [0.1, 0.15) is 16.1 Å². The zero-order valence-corrected chi connectivity index (χ0v) is 12.2. The highest BCUT2D eigenvalue weighted by atomic mass is 19.1. The Morgan fingerprint density at radius 2 is 2.05 bits per heavy atom. The predicted octanol–water partition coefficient (Wildman–Crippen LogP) is 3.88. The molecule has 2 N–H and O–H groups in total. The fraction of sp³-hybridized carbons (Fsp3) is 0.118. The number of H-pyrrole nitrogens is 1. The van der Waals surface area contributed by atoms with Gasteiger partial charge in [-0.3, -0.25) is 4.79 Å². The molecular weight excluding hydrogens is 283 g/mol.